The standard InChI is InChI=1S/C17H24NO5P/c1-2-3-8-17(21,24-22)15-10-18-13(11-23-15)9-12-6-4-5-7-14(12)16(19)20/h4-7,13,15,18,21H,2-3,8-11H2,1H3,(H,19,20)/t13-,15-,17?/m1/s1. The van der Waals surface area contributed by atoms with Crippen LogP contribution in [0, 0.1) is 0 Å². The highest BCUT2D eigenvalue weighted by Crippen LogP contribution is 2.33. The van der Waals surface area contributed by atoms with Crippen LogP contribution >= 0.6 is 8.46 Å². The quantitative estimate of drug-likeness (QED) is 0.622. The number of morpholine rings is 1. The number of ether oxygens (including phenoxy) is 1. The van der Waals surface area contributed by atoms with E-state index in [0.29, 0.717) is 31.6 Å². The molecule has 1 saturated heterocycles. The Morgan fingerprint density at radius 3 is 2.79 bits per heavy atom. The average molecular weight is 353 g/mol. The summed E-state index contributed by atoms with van der Waals surface area (Å²) < 4.78 is 17.1. The van der Waals surface area contributed by atoms with Crippen molar-refractivity contribution in [1.82, 2.24) is 5.32 Å². The van der Waals surface area contributed by atoms with E-state index in [1.807, 2.05) is 13.0 Å². The Kier molecular flexibility index (Phi) is 6.87. The summed E-state index contributed by atoms with van der Waals surface area (Å²) in [5.41, 5.74) is 1.03. The summed E-state index contributed by atoms with van der Waals surface area (Å²) in [6.45, 7) is 2.73. The number of carboxylic acid groups (broad SMARTS) is 1. The molecule has 0 aliphatic carbocycles. The molecular weight excluding hydrogens is 329 g/mol. The summed E-state index contributed by atoms with van der Waals surface area (Å²) in [5, 5.41) is 21.6. The van der Waals surface area contributed by atoms with Crippen molar-refractivity contribution in [3.8, 4) is 0 Å². The maximum Gasteiger partial charge on any atom is 0.335 e. The lowest BCUT2D eigenvalue weighted by molar-refractivity contribution is -0.0884. The molecule has 1 aliphatic rings. The van der Waals surface area contributed by atoms with Crippen LogP contribution in [0.2, 0.25) is 0 Å². The van der Waals surface area contributed by atoms with Crippen molar-refractivity contribution < 1.29 is 24.3 Å². The molecule has 6 nitrogen and oxygen atoms in total. The molecular formula is C17H24NO5P. The number of aliphatic hydroxyl groups is 1. The normalized spacial score (nSPS) is 23.8. The zero-order valence-corrected chi connectivity index (χ0v) is 14.7. The van der Waals surface area contributed by atoms with E-state index in [9.17, 15) is 19.6 Å². The molecule has 1 aromatic carbocycles. The maximum absolute atomic E-state index is 11.4. The van der Waals surface area contributed by atoms with Crippen LogP contribution in [0.4, 0.5) is 0 Å². The van der Waals surface area contributed by atoms with Gasteiger partial charge in [-0.15, -0.1) is 0 Å². The lowest BCUT2D eigenvalue weighted by Crippen LogP contribution is -2.55. The molecule has 7 heteroatoms. The first-order chi connectivity index (χ1) is 11.5. The van der Waals surface area contributed by atoms with Crippen LogP contribution in [0.15, 0.2) is 24.3 Å². The zero-order valence-electron chi connectivity index (χ0n) is 13.8. The van der Waals surface area contributed by atoms with Gasteiger partial charge in [0.25, 0.3) is 0 Å². The molecule has 1 heterocycles. The van der Waals surface area contributed by atoms with E-state index in [1.54, 1.807) is 18.2 Å². The number of rotatable bonds is 8. The molecule has 0 spiro atoms. The van der Waals surface area contributed by atoms with Crippen LogP contribution in [0.5, 0.6) is 0 Å². The fraction of sp³-hybridized carbons (Fsp3) is 0.588. The van der Waals surface area contributed by atoms with Gasteiger partial charge in [-0.05, 0) is 30.9 Å². The van der Waals surface area contributed by atoms with Crippen molar-refractivity contribution in [2.45, 2.75) is 50.1 Å². The Labute approximate surface area is 143 Å². The lowest BCUT2D eigenvalue weighted by atomic mass is 9.98. The van der Waals surface area contributed by atoms with Crippen LogP contribution in [0.25, 0.3) is 0 Å². The van der Waals surface area contributed by atoms with Crippen molar-refractivity contribution in [1.29, 1.82) is 0 Å². The van der Waals surface area contributed by atoms with Crippen molar-refractivity contribution >= 4 is 14.4 Å². The maximum atomic E-state index is 11.4. The summed E-state index contributed by atoms with van der Waals surface area (Å²) in [6, 6.07) is 6.86. The molecule has 0 radical (unpaired) electrons. The predicted octanol–water partition coefficient (Wildman–Crippen LogP) is 2.45. The molecule has 1 aliphatic heterocycles. The smallest absolute Gasteiger partial charge is 0.335 e. The van der Waals surface area contributed by atoms with E-state index in [-0.39, 0.29) is 14.5 Å². The zero-order chi connectivity index (χ0) is 17.6. The first-order valence-electron chi connectivity index (χ1n) is 8.23. The molecule has 1 aromatic rings. The van der Waals surface area contributed by atoms with E-state index in [2.05, 4.69) is 5.32 Å². The molecule has 3 atom stereocenters. The highest BCUT2D eigenvalue weighted by Gasteiger charge is 2.40. The van der Waals surface area contributed by atoms with Crippen LogP contribution in [0.3, 0.4) is 0 Å². The molecule has 0 amide bonds. The van der Waals surface area contributed by atoms with Crippen LogP contribution in [-0.2, 0) is 15.7 Å². The summed E-state index contributed by atoms with van der Waals surface area (Å²) in [6.07, 6.45) is 2.10. The van der Waals surface area contributed by atoms with Gasteiger partial charge in [-0.25, -0.2) is 4.79 Å². The van der Waals surface area contributed by atoms with Crippen LogP contribution < -0.4 is 5.32 Å². The second-order valence-corrected chi connectivity index (χ2v) is 7.12. The van der Waals surface area contributed by atoms with Crippen molar-refractivity contribution in [3.05, 3.63) is 35.4 Å². The molecule has 1 fully saturated rings. The fourth-order valence-corrected chi connectivity index (χ4v) is 3.46. The summed E-state index contributed by atoms with van der Waals surface area (Å²) in [7, 11) is -0.321. The number of nitrogens with one attached hydrogen (secondary N) is 1. The van der Waals surface area contributed by atoms with Gasteiger partial charge in [0.2, 0.25) is 0 Å². The number of carbonyl (C=O) groups is 1. The van der Waals surface area contributed by atoms with E-state index < -0.39 is 17.4 Å². The number of hydrogen-bond donors (Lipinski definition) is 3. The van der Waals surface area contributed by atoms with Gasteiger partial charge in [0.1, 0.15) is 6.10 Å². The summed E-state index contributed by atoms with van der Waals surface area (Å²) >= 11 is 0. The molecule has 0 aromatic heterocycles. The second kappa shape index (κ2) is 8.67. The predicted molar refractivity (Wildman–Crippen MR) is 90.7 cm³/mol. The highest BCUT2D eigenvalue weighted by atomic mass is 31.1. The molecule has 0 bridgehead atoms. The second-order valence-electron chi connectivity index (χ2n) is 6.17. The number of unbranched alkanes of at least 4 members (excludes halogenated alkanes) is 1. The van der Waals surface area contributed by atoms with Crippen LogP contribution in [-0.4, -0.2) is 46.8 Å². The van der Waals surface area contributed by atoms with E-state index in [1.165, 1.54) is 0 Å². The first kappa shape index (κ1) is 19.0. The van der Waals surface area contributed by atoms with Gasteiger partial charge in [0.15, 0.2) is 13.8 Å². The fourth-order valence-electron chi connectivity index (χ4n) is 2.93. The minimum atomic E-state index is -1.37. The van der Waals surface area contributed by atoms with Gasteiger partial charge in [0, 0.05) is 12.6 Å². The topological polar surface area (TPSA) is 95.9 Å². The highest BCUT2D eigenvalue weighted by molar-refractivity contribution is 7.25. The average Bonchev–Trinajstić information content (AvgIpc) is 2.60. The number of hydrogen-bond acceptors (Lipinski definition) is 5. The van der Waals surface area contributed by atoms with Gasteiger partial charge in [-0.2, -0.15) is 0 Å². The molecule has 24 heavy (non-hydrogen) atoms. The summed E-state index contributed by atoms with van der Waals surface area (Å²) in [5.74, 6) is -0.945. The van der Waals surface area contributed by atoms with Gasteiger partial charge < -0.3 is 20.3 Å². The molecule has 1 unspecified atom stereocenters. The Balaban J connectivity index is 1.96. The number of carboxylic acids is 1. The third-order valence-corrected chi connectivity index (χ3v) is 5.20. The van der Waals surface area contributed by atoms with E-state index in [0.717, 1.165) is 18.4 Å². The van der Waals surface area contributed by atoms with Gasteiger partial charge in [-0.3, -0.25) is 4.57 Å². The first-order valence-corrected chi connectivity index (χ1v) is 9.04. The Hall–Kier alpha value is -1.33. The monoisotopic (exact) mass is 353 g/mol. The Morgan fingerprint density at radius 2 is 2.21 bits per heavy atom. The summed E-state index contributed by atoms with van der Waals surface area (Å²) in [4.78, 5) is 11.3. The molecule has 0 saturated carbocycles. The van der Waals surface area contributed by atoms with Crippen molar-refractivity contribution in [3.63, 3.8) is 0 Å². The third kappa shape index (κ3) is 4.61. The molecule has 132 valence electrons. The Morgan fingerprint density at radius 1 is 1.46 bits per heavy atom. The lowest BCUT2D eigenvalue weighted by Gasteiger charge is -2.37. The molecule has 3 N–H and O–H groups in total. The largest absolute Gasteiger partial charge is 0.478 e. The minimum absolute atomic E-state index is 0.0412. The molecule has 2 rings (SSSR count). The van der Waals surface area contributed by atoms with Gasteiger partial charge in [-0.1, -0.05) is 31.5 Å². The van der Waals surface area contributed by atoms with Gasteiger partial charge >= 0.3 is 5.97 Å². The number of benzene rings is 1. The Bertz CT molecular complexity index is 574. The van der Waals surface area contributed by atoms with Crippen LogP contribution in [0.1, 0.15) is 42.1 Å². The number of aromatic carboxylic acids is 1. The van der Waals surface area contributed by atoms with E-state index in [4.69, 9.17) is 4.74 Å². The van der Waals surface area contributed by atoms with Crippen molar-refractivity contribution in [2.24, 2.45) is 0 Å². The minimum Gasteiger partial charge on any atom is -0.478 e. The van der Waals surface area contributed by atoms with Gasteiger partial charge in [0.05, 0.1) is 12.2 Å². The van der Waals surface area contributed by atoms with Crippen molar-refractivity contribution in [2.75, 3.05) is 13.2 Å². The third-order valence-electron chi connectivity index (χ3n) is 4.38. The van der Waals surface area contributed by atoms with E-state index >= 15 is 0 Å². The SMILES string of the molecule is CCCCC(O)(P=O)[C@H]1CN[C@H](Cc2ccccc2C(=O)O)CO1.